The van der Waals surface area contributed by atoms with Crippen LogP contribution >= 0.6 is 11.6 Å². The number of para-hydroxylation sites is 1. The van der Waals surface area contributed by atoms with Crippen molar-refractivity contribution in [1.82, 2.24) is 15.5 Å². The van der Waals surface area contributed by atoms with Crippen molar-refractivity contribution in [3.05, 3.63) is 40.5 Å². The zero-order valence-corrected chi connectivity index (χ0v) is 10.7. The van der Waals surface area contributed by atoms with Crippen LogP contribution in [0.1, 0.15) is 17.3 Å². The Morgan fingerprint density at radius 3 is 3.00 bits per heavy atom. The molecule has 0 saturated carbocycles. The zero-order chi connectivity index (χ0) is 13.0. The van der Waals surface area contributed by atoms with Gasteiger partial charge >= 0.3 is 0 Å². The summed E-state index contributed by atoms with van der Waals surface area (Å²) in [5.41, 5.74) is 0.768. The standard InChI is InChI=1S/C12H14ClN3O2/c1-8-15-11(18-16-8)5-6-14-7-9-3-2-4-10(13)12(9)17/h2-4,14,17H,5-7H2,1H3. The average Bonchev–Trinajstić information content (AvgIpc) is 2.76. The van der Waals surface area contributed by atoms with E-state index < -0.39 is 0 Å². The number of aryl methyl sites for hydroxylation is 1. The molecule has 1 aromatic carbocycles. The zero-order valence-electron chi connectivity index (χ0n) is 9.98. The van der Waals surface area contributed by atoms with Crippen molar-refractivity contribution in [2.24, 2.45) is 0 Å². The van der Waals surface area contributed by atoms with Crippen LogP contribution in [-0.4, -0.2) is 21.8 Å². The molecule has 0 aliphatic rings. The average molecular weight is 268 g/mol. The summed E-state index contributed by atoms with van der Waals surface area (Å²) in [5.74, 6) is 1.37. The Labute approximate surface area is 110 Å². The third kappa shape index (κ3) is 3.21. The predicted molar refractivity (Wildman–Crippen MR) is 67.6 cm³/mol. The van der Waals surface area contributed by atoms with Gasteiger partial charge in [0.05, 0.1) is 5.02 Å². The van der Waals surface area contributed by atoms with Crippen molar-refractivity contribution in [1.29, 1.82) is 0 Å². The van der Waals surface area contributed by atoms with Crippen molar-refractivity contribution in [2.45, 2.75) is 19.9 Å². The number of hydrogen-bond donors (Lipinski definition) is 2. The molecular weight excluding hydrogens is 254 g/mol. The Bertz CT molecular complexity index is 528. The summed E-state index contributed by atoms with van der Waals surface area (Å²) in [6.45, 7) is 3.01. The number of rotatable bonds is 5. The van der Waals surface area contributed by atoms with E-state index in [-0.39, 0.29) is 5.75 Å². The Morgan fingerprint density at radius 1 is 1.44 bits per heavy atom. The molecule has 0 atom stereocenters. The van der Waals surface area contributed by atoms with Gasteiger partial charge in [0.2, 0.25) is 5.89 Å². The lowest BCUT2D eigenvalue weighted by molar-refractivity contribution is 0.372. The van der Waals surface area contributed by atoms with Gasteiger partial charge in [0.1, 0.15) is 5.75 Å². The molecule has 96 valence electrons. The molecule has 2 rings (SSSR count). The number of halogens is 1. The summed E-state index contributed by atoms with van der Waals surface area (Å²) >= 11 is 5.81. The number of phenolic OH excluding ortho intramolecular Hbond substituents is 1. The molecule has 6 heteroatoms. The lowest BCUT2D eigenvalue weighted by Gasteiger charge is -2.06. The summed E-state index contributed by atoms with van der Waals surface area (Å²) in [6.07, 6.45) is 0.655. The topological polar surface area (TPSA) is 71.2 Å². The third-order valence-corrected chi connectivity index (χ3v) is 2.78. The monoisotopic (exact) mass is 267 g/mol. The largest absolute Gasteiger partial charge is 0.506 e. The van der Waals surface area contributed by atoms with Gasteiger partial charge in [-0.2, -0.15) is 4.98 Å². The van der Waals surface area contributed by atoms with E-state index in [1.165, 1.54) is 0 Å². The first-order valence-electron chi connectivity index (χ1n) is 5.63. The van der Waals surface area contributed by atoms with Gasteiger partial charge in [0, 0.05) is 25.1 Å². The maximum atomic E-state index is 9.70. The van der Waals surface area contributed by atoms with E-state index in [0.29, 0.717) is 36.2 Å². The van der Waals surface area contributed by atoms with Crippen molar-refractivity contribution < 1.29 is 9.63 Å². The quantitative estimate of drug-likeness (QED) is 0.812. The van der Waals surface area contributed by atoms with Gasteiger partial charge in [-0.05, 0) is 13.0 Å². The highest BCUT2D eigenvalue weighted by Crippen LogP contribution is 2.26. The minimum absolute atomic E-state index is 0.125. The molecule has 18 heavy (non-hydrogen) atoms. The van der Waals surface area contributed by atoms with Gasteiger partial charge in [-0.1, -0.05) is 28.9 Å². The minimum atomic E-state index is 0.125. The summed E-state index contributed by atoms with van der Waals surface area (Å²) in [6, 6.07) is 5.28. The molecule has 5 nitrogen and oxygen atoms in total. The maximum Gasteiger partial charge on any atom is 0.227 e. The van der Waals surface area contributed by atoms with Crippen LogP contribution in [-0.2, 0) is 13.0 Å². The third-order valence-electron chi connectivity index (χ3n) is 2.47. The van der Waals surface area contributed by atoms with E-state index in [2.05, 4.69) is 15.5 Å². The Kier molecular flexibility index (Phi) is 4.17. The maximum absolute atomic E-state index is 9.70. The Morgan fingerprint density at radius 2 is 2.28 bits per heavy atom. The summed E-state index contributed by atoms with van der Waals surface area (Å²) in [7, 11) is 0. The van der Waals surface area contributed by atoms with Crippen molar-refractivity contribution >= 4 is 11.6 Å². The van der Waals surface area contributed by atoms with E-state index >= 15 is 0 Å². The highest BCUT2D eigenvalue weighted by atomic mass is 35.5. The molecule has 0 aliphatic heterocycles. The van der Waals surface area contributed by atoms with Crippen LogP contribution in [0.2, 0.25) is 5.02 Å². The highest BCUT2D eigenvalue weighted by molar-refractivity contribution is 6.32. The van der Waals surface area contributed by atoms with E-state index in [1.54, 1.807) is 19.1 Å². The first kappa shape index (κ1) is 12.9. The number of nitrogens with zero attached hydrogens (tertiary/aromatic N) is 2. The van der Waals surface area contributed by atoms with Crippen molar-refractivity contribution in [3.8, 4) is 5.75 Å². The van der Waals surface area contributed by atoms with Crippen LogP contribution in [0.15, 0.2) is 22.7 Å². The number of phenols is 1. The number of benzene rings is 1. The summed E-state index contributed by atoms with van der Waals surface area (Å²) in [5, 5.41) is 17.0. The second-order valence-corrected chi connectivity index (χ2v) is 4.32. The Hall–Kier alpha value is -1.59. The molecule has 0 saturated heterocycles. The van der Waals surface area contributed by atoms with Gasteiger partial charge < -0.3 is 14.9 Å². The number of hydrogen-bond acceptors (Lipinski definition) is 5. The lowest BCUT2D eigenvalue weighted by atomic mass is 10.2. The van der Waals surface area contributed by atoms with Gasteiger partial charge in [0.15, 0.2) is 5.82 Å². The Balaban J connectivity index is 1.80. The van der Waals surface area contributed by atoms with Gasteiger partial charge in [-0.25, -0.2) is 0 Å². The fraction of sp³-hybridized carbons (Fsp3) is 0.333. The van der Waals surface area contributed by atoms with Crippen LogP contribution < -0.4 is 5.32 Å². The van der Waals surface area contributed by atoms with Gasteiger partial charge in [0.25, 0.3) is 0 Å². The molecule has 2 N–H and O–H groups in total. The molecule has 0 aliphatic carbocycles. The molecular formula is C12H14ClN3O2. The second kappa shape index (κ2) is 5.84. The van der Waals surface area contributed by atoms with E-state index in [0.717, 1.165) is 5.56 Å². The van der Waals surface area contributed by atoms with E-state index in [1.807, 2.05) is 6.07 Å². The molecule has 0 radical (unpaired) electrons. The number of aromatic nitrogens is 2. The number of aromatic hydroxyl groups is 1. The van der Waals surface area contributed by atoms with E-state index in [4.69, 9.17) is 16.1 Å². The molecule has 1 heterocycles. The highest BCUT2D eigenvalue weighted by Gasteiger charge is 2.05. The summed E-state index contributed by atoms with van der Waals surface area (Å²) < 4.78 is 4.99. The van der Waals surface area contributed by atoms with Crippen molar-refractivity contribution in [3.63, 3.8) is 0 Å². The molecule has 0 unspecified atom stereocenters. The SMILES string of the molecule is Cc1noc(CCNCc2cccc(Cl)c2O)n1. The molecule has 0 fully saturated rings. The van der Waals surface area contributed by atoms with Crippen LogP contribution in [0.4, 0.5) is 0 Å². The minimum Gasteiger partial charge on any atom is -0.506 e. The fourth-order valence-electron chi connectivity index (χ4n) is 1.56. The van der Waals surface area contributed by atoms with Crippen LogP contribution in [0.25, 0.3) is 0 Å². The van der Waals surface area contributed by atoms with Gasteiger partial charge in [-0.3, -0.25) is 0 Å². The molecule has 0 spiro atoms. The van der Waals surface area contributed by atoms with Gasteiger partial charge in [-0.15, -0.1) is 0 Å². The second-order valence-electron chi connectivity index (χ2n) is 3.91. The summed E-state index contributed by atoms with van der Waals surface area (Å²) in [4.78, 5) is 4.10. The first-order valence-corrected chi connectivity index (χ1v) is 6.01. The fourth-order valence-corrected chi connectivity index (χ4v) is 1.76. The van der Waals surface area contributed by atoms with Crippen LogP contribution in [0.3, 0.4) is 0 Å². The number of nitrogens with one attached hydrogen (secondary N) is 1. The van der Waals surface area contributed by atoms with Crippen LogP contribution in [0.5, 0.6) is 5.75 Å². The van der Waals surface area contributed by atoms with Crippen molar-refractivity contribution in [2.75, 3.05) is 6.54 Å². The molecule has 0 bridgehead atoms. The molecule has 0 amide bonds. The normalized spacial score (nSPS) is 10.8. The predicted octanol–water partition coefficient (Wildman–Crippen LogP) is 2.07. The lowest BCUT2D eigenvalue weighted by Crippen LogP contribution is -2.16. The van der Waals surface area contributed by atoms with Crippen LogP contribution in [0, 0.1) is 6.92 Å². The van der Waals surface area contributed by atoms with E-state index in [9.17, 15) is 5.11 Å². The molecule has 2 aromatic rings. The first-order chi connectivity index (χ1) is 8.66. The smallest absolute Gasteiger partial charge is 0.227 e. The molecule has 1 aromatic heterocycles.